The monoisotopic (exact) mass is 383 g/mol. The Labute approximate surface area is 161 Å². The van der Waals surface area contributed by atoms with Crippen molar-refractivity contribution >= 4 is 23.2 Å². The van der Waals surface area contributed by atoms with Crippen LogP contribution in [0.3, 0.4) is 0 Å². The quantitative estimate of drug-likeness (QED) is 0.671. The Morgan fingerprint density at radius 3 is 2.85 bits per heavy atom. The van der Waals surface area contributed by atoms with E-state index < -0.39 is 0 Å². The van der Waals surface area contributed by atoms with Gasteiger partial charge in [0, 0.05) is 5.56 Å². The summed E-state index contributed by atoms with van der Waals surface area (Å²) < 4.78 is 10.8. The highest BCUT2D eigenvalue weighted by atomic mass is 35.5. The zero-order chi connectivity index (χ0) is 18.8. The van der Waals surface area contributed by atoms with Crippen molar-refractivity contribution in [3.63, 3.8) is 0 Å². The number of nitrogens with one attached hydrogen (secondary N) is 2. The van der Waals surface area contributed by atoms with Gasteiger partial charge in [0.05, 0.1) is 22.0 Å². The highest BCUT2D eigenvalue weighted by Crippen LogP contribution is 2.38. The second-order valence-corrected chi connectivity index (χ2v) is 6.58. The number of aromatic amines is 1. The third kappa shape index (κ3) is 3.36. The lowest BCUT2D eigenvalue weighted by Crippen LogP contribution is -2.14. The largest absolute Gasteiger partial charge is 0.454 e. The van der Waals surface area contributed by atoms with E-state index in [1.165, 1.54) is 0 Å². The van der Waals surface area contributed by atoms with Gasteiger partial charge in [-0.25, -0.2) is 0 Å². The van der Waals surface area contributed by atoms with Crippen LogP contribution in [0.5, 0.6) is 11.5 Å². The molecule has 1 aliphatic rings. The molecule has 0 saturated heterocycles. The van der Waals surface area contributed by atoms with Crippen LogP contribution in [0.1, 0.15) is 29.4 Å². The van der Waals surface area contributed by atoms with Crippen LogP contribution in [-0.4, -0.2) is 22.9 Å². The molecule has 3 aromatic rings. The number of carbonyl (C=O) groups excluding carboxylic acids is 1. The molecular formula is C20H18ClN3O3. The van der Waals surface area contributed by atoms with E-state index in [9.17, 15) is 4.79 Å². The topological polar surface area (TPSA) is 76.2 Å². The van der Waals surface area contributed by atoms with Crippen molar-refractivity contribution in [3.05, 3.63) is 58.7 Å². The van der Waals surface area contributed by atoms with Crippen molar-refractivity contribution in [3.8, 4) is 22.8 Å². The molecule has 138 valence electrons. The van der Waals surface area contributed by atoms with Gasteiger partial charge in [-0.15, -0.1) is 0 Å². The second-order valence-electron chi connectivity index (χ2n) is 6.18. The van der Waals surface area contributed by atoms with Crippen LogP contribution in [0.15, 0.2) is 42.5 Å². The number of anilines is 1. The molecule has 2 heterocycles. The molecule has 1 aliphatic heterocycles. The molecule has 0 fully saturated rings. The van der Waals surface area contributed by atoms with Gasteiger partial charge in [-0.2, -0.15) is 5.10 Å². The third-order valence-electron chi connectivity index (χ3n) is 4.34. The van der Waals surface area contributed by atoms with Crippen molar-refractivity contribution in [2.75, 3.05) is 12.1 Å². The van der Waals surface area contributed by atoms with Crippen molar-refractivity contribution in [2.45, 2.75) is 19.8 Å². The number of fused-ring (bicyclic) bond motifs is 1. The zero-order valence-electron chi connectivity index (χ0n) is 14.7. The van der Waals surface area contributed by atoms with Crippen LogP contribution in [-0.2, 0) is 6.42 Å². The van der Waals surface area contributed by atoms with E-state index in [1.54, 1.807) is 24.3 Å². The number of hydrogen-bond acceptors (Lipinski definition) is 4. The Balaban J connectivity index is 1.72. The predicted molar refractivity (Wildman–Crippen MR) is 104 cm³/mol. The highest BCUT2D eigenvalue weighted by Gasteiger charge is 2.21. The van der Waals surface area contributed by atoms with Gasteiger partial charge in [-0.05, 0) is 36.8 Å². The summed E-state index contributed by atoms with van der Waals surface area (Å²) in [4.78, 5) is 12.8. The van der Waals surface area contributed by atoms with Crippen molar-refractivity contribution < 1.29 is 14.3 Å². The number of aromatic nitrogens is 2. The summed E-state index contributed by atoms with van der Waals surface area (Å²) in [6.07, 6.45) is 1.67. The summed E-state index contributed by atoms with van der Waals surface area (Å²) in [5, 5.41) is 10.9. The van der Waals surface area contributed by atoms with E-state index in [4.69, 9.17) is 21.1 Å². The van der Waals surface area contributed by atoms with Crippen LogP contribution in [0, 0.1) is 0 Å². The van der Waals surface area contributed by atoms with Crippen LogP contribution in [0.25, 0.3) is 11.3 Å². The average molecular weight is 384 g/mol. The molecule has 0 spiro atoms. The first-order valence-corrected chi connectivity index (χ1v) is 9.08. The molecule has 6 nitrogen and oxygen atoms in total. The lowest BCUT2D eigenvalue weighted by molar-refractivity contribution is 0.102. The van der Waals surface area contributed by atoms with Crippen molar-refractivity contribution in [1.82, 2.24) is 10.2 Å². The maximum absolute atomic E-state index is 12.8. The van der Waals surface area contributed by atoms with Gasteiger partial charge in [0.15, 0.2) is 11.5 Å². The fraction of sp³-hybridized carbons (Fsp3) is 0.200. The first-order chi connectivity index (χ1) is 13.2. The molecule has 0 unspecified atom stereocenters. The first-order valence-electron chi connectivity index (χ1n) is 8.70. The molecular weight excluding hydrogens is 366 g/mol. The van der Waals surface area contributed by atoms with E-state index in [1.807, 2.05) is 18.2 Å². The Hall–Kier alpha value is -2.99. The number of hydrogen-bond donors (Lipinski definition) is 2. The molecule has 1 amide bonds. The Bertz CT molecular complexity index is 1000. The van der Waals surface area contributed by atoms with Gasteiger partial charge in [0.25, 0.3) is 5.91 Å². The molecule has 4 rings (SSSR count). The highest BCUT2D eigenvalue weighted by molar-refractivity contribution is 6.34. The molecule has 0 saturated carbocycles. The lowest BCUT2D eigenvalue weighted by atomic mass is 10.1. The van der Waals surface area contributed by atoms with E-state index in [2.05, 4.69) is 22.4 Å². The Morgan fingerprint density at radius 1 is 1.22 bits per heavy atom. The fourth-order valence-corrected chi connectivity index (χ4v) is 3.24. The average Bonchev–Trinajstić information content (AvgIpc) is 3.29. The van der Waals surface area contributed by atoms with E-state index in [0.717, 1.165) is 24.1 Å². The number of carbonyl (C=O) groups is 1. The molecule has 27 heavy (non-hydrogen) atoms. The molecule has 0 atom stereocenters. The van der Waals surface area contributed by atoms with Gasteiger partial charge >= 0.3 is 0 Å². The van der Waals surface area contributed by atoms with Crippen LogP contribution < -0.4 is 14.8 Å². The molecule has 0 aliphatic carbocycles. The Kier molecular flexibility index (Phi) is 4.73. The maximum atomic E-state index is 12.8. The van der Waals surface area contributed by atoms with Gasteiger partial charge in [-0.3, -0.25) is 9.89 Å². The number of nitrogens with zero attached hydrogens (tertiary/aromatic N) is 1. The molecule has 7 heteroatoms. The van der Waals surface area contributed by atoms with Crippen LogP contribution in [0.4, 0.5) is 5.69 Å². The first kappa shape index (κ1) is 17.4. The number of benzene rings is 2. The summed E-state index contributed by atoms with van der Waals surface area (Å²) in [7, 11) is 0. The number of amides is 1. The molecule has 2 aromatic carbocycles. The van der Waals surface area contributed by atoms with Gasteiger partial charge < -0.3 is 14.8 Å². The summed E-state index contributed by atoms with van der Waals surface area (Å²) in [5.74, 6) is 1.09. The summed E-state index contributed by atoms with van der Waals surface area (Å²) >= 11 is 6.17. The summed E-state index contributed by atoms with van der Waals surface area (Å²) in [5.41, 5.74) is 3.41. The van der Waals surface area contributed by atoms with Gasteiger partial charge in [0.2, 0.25) is 6.79 Å². The summed E-state index contributed by atoms with van der Waals surface area (Å²) in [6.45, 7) is 2.28. The lowest BCUT2D eigenvalue weighted by Gasteiger charge is -2.10. The molecule has 0 radical (unpaired) electrons. The number of rotatable bonds is 5. The predicted octanol–water partition coefficient (Wildman–Crippen LogP) is 4.66. The normalized spacial score (nSPS) is 12.2. The zero-order valence-corrected chi connectivity index (χ0v) is 15.5. The number of halogens is 1. The van der Waals surface area contributed by atoms with Crippen LogP contribution in [0.2, 0.25) is 5.02 Å². The van der Waals surface area contributed by atoms with Crippen LogP contribution >= 0.6 is 11.6 Å². The molecule has 2 N–H and O–H groups in total. The molecule has 0 bridgehead atoms. The second kappa shape index (κ2) is 7.32. The number of H-pyrrole nitrogens is 1. The summed E-state index contributed by atoms with van der Waals surface area (Å²) in [6, 6.07) is 12.5. The number of ether oxygens (including phenoxy) is 2. The third-order valence-corrected chi connectivity index (χ3v) is 4.67. The van der Waals surface area contributed by atoms with E-state index in [-0.39, 0.29) is 12.7 Å². The van der Waals surface area contributed by atoms with Crippen molar-refractivity contribution in [1.29, 1.82) is 0 Å². The Morgan fingerprint density at radius 2 is 2.04 bits per heavy atom. The fourth-order valence-electron chi connectivity index (χ4n) is 3.02. The number of aryl methyl sites for hydroxylation is 1. The standard InChI is InChI=1S/C20H18ClN3O3/c1-2-5-15-19(22-20(25)13-6-3-4-7-14(13)21)18(24-23-15)12-8-9-16-17(10-12)27-11-26-16/h3-4,6-10H,2,5,11H2,1H3,(H,22,25)(H,23,24). The van der Waals surface area contributed by atoms with Crippen molar-refractivity contribution in [2.24, 2.45) is 0 Å². The maximum Gasteiger partial charge on any atom is 0.257 e. The van der Waals surface area contributed by atoms with Gasteiger partial charge in [0.1, 0.15) is 5.69 Å². The SMILES string of the molecule is CCCc1[nH]nc(-c2ccc3c(c2)OCO3)c1NC(=O)c1ccccc1Cl. The minimum atomic E-state index is -0.277. The minimum Gasteiger partial charge on any atom is -0.454 e. The van der Waals surface area contributed by atoms with E-state index >= 15 is 0 Å². The minimum absolute atomic E-state index is 0.205. The molecule has 1 aromatic heterocycles. The smallest absolute Gasteiger partial charge is 0.257 e. The van der Waals surface area contributed by atoms with Gasteiger partial charge in [-0.1, -0.05) is 37.1 Å². The van der Waals surface area contributed by atoms with E-state index in [0.29, 0.717) is 33.5 Å².